The second-order valence-corrected chi connectivity index (χ2v) is 4.76. The Kier molecular flexibility index (Phi) is 5.81. The lowest BCUT2D eigenvalue weighted by atomic mass is 9.85. The number of amides is 1. The molecule has 1 saturated carbocycles. The van der Waals surface area contributed by atoms with E-state index < -0.39 is 0 Å². The first-order valence-electron chi connectivity index (χ1n) is 6.68. The zero-order valence-corrected chi connectivity index (χ0v) is 11.0. The molecule has 1 rings (SSSR count). The average molecular weight is 228 g/mol. The fourth-order valence-corrected chi connectivity index (χ4v) is 2.58. The first kappa shape index (κ1) is 13.5. The number of hydrogen-bond donors (Lipinski definition) is 1. The molecule has 3 heteroatoms. The lowest BCUT2D eigenvalue weighted by Gasteiger charge is -2.31. The predicted molar refractivity (Wildman–Crippen MR) is 69.5 cm³/mol. The Labute approximate surface area is 101 Å². The van der Waals surface area contributed by atoms with E-state index in [0.717, 1.165) is 45.2 Å². The van der Waals surface area contributed by atoms with E-state index in [1.54, 1.807) is 0 Å². The van der Waals surface area contributed by atoms with Gasteiger partial charge >= 0.3 is 0 Å². The maximum Gasteiger partial charge on any atom is 0.225 e. The lowest BCUT2D eigenvalue weighted by Crippen LogP contribution is -2.40. The van der Waals surface area contributed by atoms with Crippen LogP contribution in [0.5, 0.6) is 0 Å². The van der Waals surface area contributed by atoms with Crippen LogP contribution in [0.3, 0.4) is 0 Å². The van der Waals surface area contributed by atoms with E-state index in [1.807, 2.05) is 11.9 Å². The third kappa shape index (κ3) is 3.48. The van der Waals surface area contributed by atoms with Gasteiger partial charge in [-0.15, -0.1) is 0 Å². The largest absolute Gasteiger partial charge is 0.343 e. The lowest BCUT2D eigenvalue weighted by molar-refractivity contribution is -0.136. The van der Waals surface area contributed by atoms with Crippen LogP contribution in [0, 0.1) is 5.92 Å². The number of nitrogens with one attached hydrogen (secondary N) is 1. The van der Waals surface area contributed by atoms with E-state index in [4.69, 9.17) is 0 Å². The van der Waals surface area contributed by atoms with Gasteiger partial charge in [-0.05, 0) is 46.1 Å². The van der Waals surface area contributed by atoms with Gasteiger partial charge in [0, 0.05) is 26.5 Å². The van der Waals surface area contributed by atoms with E-state index in [0.29, 0.717) is 11.9 Å². The van der Waals surface area contributed by atoms with Crippen LogP contribution in [0.1, 0.15) is 47.4 Å². The summed E-state index contributed by atoms with van der Waals surface area (Å²) in [5.74, 6) is 0.676. The van der Waals surface area contributed by atoms with Gasteiger partial charge in [0.25, 0.3) is 0 Å². The van der Waals surface area contributed by atoms with Gasteiger partial charge in [-0.3, -0.25) is 4.79 Å². The molecule has 0 aromatic carbocycles. The van der Waals surface area contributed by atoms with E-state index in [9.17, 15) is 4.79 Å². The van der Waals surface area contributed by atoms with Crippen molar-refractivity contribution in [2.75, 3.05) is 20.1 Å². The molecule has 1 fully saturated rings. The quantitative estimate of drug-likeness (QED) is 0.783. The molecule has 0 saturated heterocycles. The summed E-state index contributed by atoms with van der Waals surface area (Å²) >= 11 is 0. The summed E-state index contributed by atoms with van der Waals surface area (Å²) in [6.45, 7) is 5.99. The molecule has 0 aromatic heterocycles. The normalized spacial score (nSPS) is 25.4. The standard InChI is InChI=1S/C13H26N2O.H2/c1-4-10-15(5-2)13(16)11-6-8-12(14-3)9-7-11;/h11-12,14H,4-10H2,1-3H3;1H. The Bertz CT molecular complexity index is 215. The molecule has 0 radical (unpaired) electrons. The highest BCUT2D eigenvalue weighted by Gasteiger charge is 2.27. The van der Waals surface area contributed by atoms with Crippen molar-refractivity contribution in [2.45, 2.75) is 52.0 Å². The van der Waals surface area contributed by atoms with E-state index in [-0.39, 0.29) is 7.34 Å². The third-order valence-electron chi connectivity index (χ3n) is 3.67. The molecule has 0 spiro atoms. The molecule has 16 heavy (non-hydrogen) atoms. The van der Waals surface area contributed by atoms with Crippen LogP contribution in [0.4, 0.5) is 0 Å². The molecule has 0 unspecified atom stereocenters. The van der Waals surface area contributed by atoms with Crippen LogP contribution in [0.15, 0.2) is 0 Å². The van der Waals surface area contributed by atoms with E-state index in [1.165, 1.54) is 0 Å². The van der Waals surface area contributed by atoms with Gasteiger partial charge < -0.3 is 10.2 Å². The Balaban J connectivity index is 0.00000256. The van der Waals surface area contributed by atoms with Crippen LogP contribution < -0.4 is 5.32 Å². The maximum atomic E-state index is 12.2. The minimum atomic E-state index is 0. The van der Waals surface area contributed by atoms with Crippen LogP contribution in [0.25, 0.3) is 0 Å². The number of nitrogens with zero attached hydrogens (tertiary/aromatic N) is 1. The van der Waals surface area contributed by atoms with E-state index >= 15 is 0 Å². The summed E-state index contributed by atoms with van der Waals surface area (Å²) < 4.78 is 0. The molecule has 3 nitrogen and oxygen atoms in total. The summed E-state index contributed by atoms with van der Waals surface area (Å²) in [5.41, 5.74) is 0. The monoisotopic (exact) mass is 228 g/mol. The van der Waals surface area contributed by atoms with Gasteiger partial charge in [0.05, 0.1) is 0 Å². The third-order valence-corrected chi connectivity index (χ3v) is 3.67. The van der Waals surface area contributed by atoms with Crippen molar-refractivity contribution in [3.63, 3.8) is 0 Å². The Morgan fingerprint density at radius 2 is 1.94 bits per heavy atom. The first-order chi connectivity index (χ1) is 7.72. The zero-order valence-electron chi connectivity index (χ0n) is 11.0. The molecule has 96 valence electrons. The summed E-state index contributed by atoms with van der Waals surface area (Å²) in [7, 11) is 2.02. The Hall–Kier alpha value is -0.570. The molecule has 1 aliphatic carbocycles. The molecule has 1 amide bonds. The van der Waals surface area contributed by atoms with Crippen molar-refractivity contribution >= 4 is 5.91 Å². The van der Waals surface area contributed by atoms with Crippen LogP contribution in [-0.2, 0) is 4.79 Å². The molecule has 0 aliphatic heterocycles. The van der Waals surface area contributed by atoms with Crippen molar-refractivity contribution in [3.05, 3.63) is 0 Å². The molecule has 1 N–H and O–H groups in total. The molecule has 0 heterocycles. The van der Waals surface area contributed by atoms with Crippen LogP contribution in [0.2, 0.25) is 0 Å². The topological polar surface area (TPSA) is 32.3 Å². The number of carbonyl (C=O) groups is 1. The maximum absolute atomic E-state index is 12.2. The van der Waals surface area contributed by atoms with Crippen molar-refractivity contribution in [3.8, 4) is 0 Å². The van der Waals surface area contributed by atoms with Gasteiger partial charge in [-0.1, -0.05) is 6.92 Å². The van der Waals surface area contributed by atoms with Crippen molar-refractivity contribution in [1.29, 1.82) is 0 Å². The molecule has 0 atom stereocenters. The first-order valence-corrected chi connectivity index (χ1v) is 6.68. The minimum Gasteiger partial charge on any atom is -0.343 e. The molecular formula is C13H28N2O. The van der Waals surface area contributed by atoms with Gasteiger partial charge in [-0.25, -0.2) is 0 Å². The van der Waals surface area contributed by atoms with Crippen molar-refractivity contribution in [2.24, 2.45) is 5.92 Å². The second-order valence-electron chi connectivity index (χ2n) is 4.76. The molecular weight excluding hydrogens is 200 g/mol. The van der Waals surface area contributed by atoms with Gasteiger partial charge in [0.1, 0.15) is 0 Å². The second kappa shape index (κ2) is 6.89. The number of rotatable bonds is 5. The van der Waals surface area contributed by atoms with Crippen molar-refractivity contribution in [1.82, 2.24) is 10.2 Å². The van der Waals surface area contributed by atoms with Gasteiger partial charge in [0.15, 0.2) is 0 Å². The summed E-state index contributed by atoms with van der Waals surface area (Å²) in [5, 5.41) is 3.31. The molecule has 1 aliphatic rings. The van der Waals surface area contributed by atoms with E-state index in [2.05, 4.69) is 19.2 Å². The smallest absolute Gasteiger partial charge is 0.225 e. The predicted octanol–water partition coefficient (Wildman–Crippen LogP) is 2.27. The SMILES string of the molecule is CCCN(CC)C(=O)C1CCC(NC)CC1.[HH]. The highest BCUT2D eigenvalue weighted by atomic mass is 16.2. The summed E-state index contributed by atoms with van der Waals surface area (Å²) in [6, 6.07) is 0.630. The highest BCUT2D eigenvalue weighted by Crippen LogP contribution is 2.25. The van der Waals surface area contributed by atoms with Gasteiger partial charge in [0.2, 0.25) is 5.91 Å². The molecule has 0 bridgehead atoms. The molecule has 0 aromatic rings. The summed E-state index contributed by atoms with van der Waals surface area (Å²) in [6.07, 6.45) is 5.48. The fourth-order valence-electron chi connectivity index (χ4n) is 2.58. The zero-order chi connectivity index (χ0) is 12.0. The van der Waals surface area contributed by atoms with Crippen LogP contribution >= 0.6 is 0 Å². The average Bonchev–Trinajstić information content (AvgIpc) is 2.35. The van der Waals surface area contributed by atoms with Crippen LogP contribution in [-0.4, -0.2) is 37.0 Å². The van der Waals surface area contributed by atoms with Crippen molar-refractivity contribution < 1.29 is 6.22 Å². The van der Waals surface area contributed by atoms with Gasteiger partial charge in [-0.2, -0.15) is 0 Å². The minimum absolute atomic E-state index is 0. The Morgan fingerprint density at radius 1 is 1.31 bits per heavy atom. The number of carbonyl (C=O) groups excluding carboxylic acids is 1. The fraction of sp³-hybridized carbons (Fsp3) is 0.923. The Morgan fingerprint density at radius 3 is 2.38 bits per heavy atom. The summed E-state index contributed by atoms with van der Waals surface area (Å²) in [4.78, 5) is 14.2. The number of hydrogen-bond acceptors (Lipinski definition) is 2. The highest BCUT2D eigenvalue weighted by molar-refractivity contribution is 5.78.